The Labute approximate surface area is 212 Å². The molecule has 0 aliphatic rings. The number of aromatic nitrogens is 4. The summed E-state index contributed by atoms with van der Waals surface area (Å²) < 4.78 is 4.52. The zero-order valence-corrected chi connectivity index (χ0v) is 20.8. The molecule has 0 radical (unpaired) electrons. The summed E-state index contributed by atoms with van der Waals surface area (Å²) in [6.45, 7) is 2.51. The molecule has 6 nitrogen and oxygen atoms in total. The van der Waals surface area contributed by atoms with E-state index < -0.39 is 0 Å². The van der Waals surface area contributed by atoms with Crippen molar-refractivity contribution in [3.63, 3.8) is 0 Å². The molecule has 36 heavy (non-hydrogen) atoms. The first-order valence-corrected chi connectivity index (χ1v) is 12.3. The van der Waals surface area contributed by atoms with Crippen molar-refractivity contribution in [3.05, 3.63) is 127 Å². The second kappa shape index (κ2) is 10.1. The van der Waals surface area contributed by atoms with Crippen LogP contribution in [-0.4, -0.2) is 25.1 Å². The van der Waals surface area contributed by atoms with Crippen LogP contribution < -0.4 is 14.8 Å². The van der Waals surface area contributed by atoms with E-state index in [-0.39, 0.29) is 11.3 Å². The molecule has 0 fully saturated rings. The highest BCUT2D eigenvalue weighted by Crippen LogP contribution is 2.22. The SMILES string of the molecule is Cc1ccccc1C(=O)C=c1sc(=Cc2cn(Cc3ccccc3)nc2-c2cccnc2)c(=O)n1C. The molecule has 5 aromatic rings. The molecule has 0 saturated carbocycles. The molecule has 2 aromatic carbocycles. The molecule has 3 aromatic heterocycles. The van der Waals surface area contributed by atoms with Crippen LogP contribution in [0.15, 0.2) is 90.1 Å². The van der Waals surface area contributed by atoms with Crippen molar-refractivity contribution < 1.29 is 4.79 Å². The Hall–Kier alpha value is -4.36. The molecular weight excluding hydrogens is 468 g/mol. The lowest BCUT2D eigenvalue weighted by Gasteiger charge is -2.01. The summed E-state index contributed by atoms with van der Waals surface area (Å²) in [5.41, 5.74) is 4.93. The van der Waals surface area contributed by atoms with Gasteiger partial charge in [-0.3, -0.25) is 19.3 Å². The number of hydrogen-bond acceptors (Lipinski definition) is 5. The van der Waals surface area contributed by atoms with Gasteiger partial charge in [-0.25, -0.2) is 0 Å². The molecule has 3 heterocycles. The van der Waals surface area contributed by atoms with Crippen LogP contribution in [0.5, 0.6) is 0 Å². The highest BCUT2D eigenvalue weighted by atomic mass is 32.1. The third-order valence-electron chi connectivity index (χ3n) is 5.92. The van der Waals surface area contributed by atoms with Gasteiger partial charge in [-0.2, -0.15) is 5.10 Å². The molecule has 0 spiro atoms. The zero-order valence-electron chi connectivity index (χ0n) is 20.0. The summed E-state index contributed by atoms with van der Waals surface area (Å²) in [5.74, 6) is -0.122. The number of carbonyl (C=O) groups is 1. The summed E-state index contributed by atoms with van der Waals surface area (Å²) in [7, 11) is 1.69. The number of aryl methyl sites for hydroxylation is 1. The summed E-state index contributed by atoms with van der Waals surface area (Å²) in [6.07, 6.45) is 8.80. The number of pyridine rings is 1. The summed E-state index contributed by atoms with van der Waals surface area (Å²) >= 11 is 1.29. The minimum absolute atomic E-state index is 0.122. The molecule has 0 aliphatic heterocycles. The fraction of sp³-hybridized carbons (Fsp3) is 0.103. The molecule has 0 aliphatic carbocycles. The van der Waals surface area contributed by atoms with Crippen LogP contribution in [-0.2, 0) is 13.6 Å². The molecule has 5 rings (SSSR count). The molecule has 0 unspecified atom stereocenters. The van der Waals surface area contributed by atoms with Crippen molar-refractivity contribution >= 4 is 29.3 Å². The minimum Gasteiger partial charge on any atom is -0.302 e. The van der Waals surface area contributed by atoms with Gasteiger partial charge < -0.3 is 4.57 Å². The Balaban J connectivity index is 1.60. The summed E-state index contributed by atoms with van der Waals surface area (Å²) in [5, 5.41) is 4.81. The molecular formula is C29H24N4O2S. The first-order chi connectivity index (χ1) is 17.5. The number of rotatable bonds is 6. The lowest BCUT2D eigenvalue weighted by molar-refractivity contribution is 0.106. The first-order valence-electron chi connectivity index (χ1n) is 11.5. The van der Waals surface area contributed by atoms with Crippen LogP contribution in [0.25, 0.3) is 23.4 Å². The van der Waals surface area contributed by atoms with Gasteiger partial charge in [0.05, 0.1) is 11.1 Å². The van der Waals surface area contributed by atoms with E-state index in [9.17, 15) is 9.59 Å². The van der Waals surface area contributed by atoms with E-state index in [0.717, 1.165) is 27.9 Å². The van der Waals surface area contributed by atoms with Crippen molar-refractivity contribution in [2.75, 3.05) is 0 Å². The van der Waals surface area contributed by atoms with E-state index in [4.69, 9.17) is 5.10 Å². The molecule has 0 atom stereocenters. The first kappa shape index (κ1) is 23.4. The summed E-state index contributed by atoms with van der Waals surface area (Å²) in [6, 6.07) is 21.3. The highest BCUT2D eigenvalue weighted by Gasteiger charge is 2.12. The van der Waals surface area contributed by atoms with Crippen molar-refractivity contribution in [2.45, 2.75) is 13.5 Å². The predicted octanol–water partition coefficient (Wildman–Crippen LogP) is 3.55. The topological polar surface area (TPSA) is 69.8 Å². The molecule has 178 valence electrons. The van der Waals surface area contributed by atoms with E-state index in [1.165, 1.54) is 22.0 Å². The van der Waals surface area contributed by atoms with Gasteiger partial charge >= 0.3 is 0 Å². The molecule has 0 saturated heterocycles. The van der Waals surface area contributed by atoms with Gasteiger partial charge in [0.1, 0.15) is 10.4 Å². The van der Waals surface area contributed by atoms with Crippen LogP contribution in [0.2, 0.25) is 0 Å². The fourth-order valence-electron chi connectivity index (χ4n) is 4.01. The maximum Gasteiger partial charge on any atom is 0.268 e. The summed E-state index contributed by atoms with van der Waals surface area (Å²) in [4.78, 5) is 30.2. The average molecular weight is 493 g/mol. The van der Waals surface area contributed by atoms with E-state index in [1.54, 1.807) is 25.5 Å². The minimum atomic E-state index is -0.156. The second-order valence-electron chi connectivity index (χ2n) is 8.49. The van der Waals surface area contributed by atoms with Gasteiger partial charge in [-0.05, 0) is 36.3 Å². The Morgan fingerprint density at radius 1 is 1.03 bits per heavy atom. The number of nitrogens with zero attached hydrogens (tertiary/aromatic N) is 4. The third kappa shape index (κ3) is 4.87. The largest absolute Gasteiger partial charge is 0.302 e. The Morgan fingerprint density at radius 2 is 1.81 bits per heavy atom. The zero-order chi connectivity index (χ0) is 25.1. The van der Waals surface area contributed by atoms with Gasteiger partial charge in [0, 0.05) is 48.4 Å². The standard InChI is InChI=1S/C29H24N4O2S/c1-20-9-6-7-13-24(20)25(34)16-27-32(2)29(35)26(36-27)15-23-19-33(18-21-10-4-3-5-11-21)31-28(23)22-12-8-14-30-17-22/h3-17,19H,18H2,1-2H3. The number of thiazole rings is 1. The normalized spacial score (nSPS) is 12.3. The van der Waals surface area contributed by atoms with Crippen LogP contribution in [0.1, 0.15) is 27.0 Å². The van der Waals surface area contributed by atoms with Crippen molar-refractivity contribution in [2.24, 2.45) is 7.05 Å². The average Bonchev–Trinajstić information content (AvgIpc) is 3.41. The maximum absolute atomic E-state index is 13.1. The monoisotopic (exact) mass is 492 g/mol. The van der Waals surface area contributed by atoms with Crippen molar-refractivity contribution in [1.82, 2.24) is 19.3 Å². The van der Waals surface area contributed by atoms with Crippen molar-refractivity contribution in [1.29, 1.82) is 0 Å². The van der Waals surface area contributed by atoms with Crippen LogP contribution in [0, 0.1) is 6.92 Å². The number of Topliss-reactive ketones (excluding diaryl/α,β-unsaturated/α-hetero) is 1. The lowest BCUT2D eigenvalue weighted by Crippen LogP contribution is -2.29. The Morgan fingerprint density at radius 3 is 2.56 bits per heavy atom. The van der Waals surface area contributed by atoms with E-state index in [0.29, 0.717) is 21.3 Å². The fourth-order valence-corrected chi connectivity index (χ4v) is 5.03. The Kier molecular flexibility index (Phi) is 6.56. The van der Waals surface area contributed by atoms with E-state index in [2.05, 4.69) is 17.1 Å². The van der Waals surface area contributed by atoms with Gasteiger partial charge in [0.25, 0.3) is 5.56 Å². The molecule has 0 N–H and O–H groups in total. The van der Waals surface area contributed by atoms with Crippen molar-refractivity contribution in [3.8, 4) is 11.3 Å². The highest BCUT2D eigenvalue weighted by molar-refractivity contribution is 7.07. The lowest BCUT2D eigenvalue weighted by atomic mass is 10.1. The second-order valence-corrected chi connectivity index (χ2v) is 9.56. The van der Waals surface area contributed by atoms with Gasteiger partial charge in [0.15, 0.2) is 5.78 Å². The van der Waals surface area contributed by atoms with Crippen LogP contribution >= 0.6 is 11.3 Å². The smallest absolute Gasteiger partial charge is 0.268 e. The third-order valence-corrected chi connectivity index (χ3v) is 7.04. The number of ketones is 1. The van der Waals surface area contributed by atoms with E-state index >= 15 is 0 Å². The van der Waals surface area contributed by atoms with Gasteiger partial charge in [-0.1, -0.05) is 54.6 Å². The molecule has 0 bridgehead atoms. The predicted molar refractivity (Wildman–Crippen MR) is 143 cm³/mol. The maximum atomic E-state index is 13.1. The van der Waals surface area contributed by atoms with Crippen LogP contribution in [0.4, 0.5) is 0 Å². The number of hydrogen-bond donors (Lipinski definition) is 0. The van der Waals surface area contributed by atoms with Gasteiger partial charge in [-0.15, -0.1) is 11.3 Å². The molecule has 0 amide bonds. The van der Waals surface area contributed by atoms with E-state index in [1.807, 2.05) is 72.4 Å². The number of carbonyl (C=O) groups excluding carboxylic acids is 1. The quantitative estimate of drug-likeness (QED) is 0.340. The Bertz CT molecular complexity index is 1710. The van der Waals surface area contributed by atoms with Crippen LogP contribution in [0.3, 0.4) is 0 Å². The van der Waals surface area contributed by atoms with Gasteiger partial charge in [0.2, 0.25) is 0 Å². The number of benzene rings is 2. The molecule has 7 heteroatoms.